The lowest BCUT2D eigenvalue weighted by Gasteiger charge is -2.14. The monoisotopic (exact) mass is 224 g/mol. The second kappa shape index (κ2) is 6.63. The third-order valence-corrected chi connectivity index (χ3v) is 2.49. The molecule has 0 saturated carbocycles. The van der Waals surface area contributed by atoms with Gasteiger partial charge < -0.3 is 14.6 Å². The zero-order valence-corrected chi connectivity index (χ0v) is 10.2. The molecule has 1 aromatic carbocycles. The Morgan fingerprint density at radius 3 is 2.62 bits per heavy atom. The molecular formula is C13H20O3. The van der Waals surface area contributed by atoms with Gasteiger partial charge in [0.25, 0.3) is 0 Å². The Bertz CT molecular complexity index is 323. The van der Waals surface area contributed by atoms with Crippen molar-refractivity contribution in [3.8, 4) is 0 Å². The smallest absolute Gasteiger partial charge is 0.103 e. The highest BCUT2D eigenvalue weighted by molar-refractivity contribution is 5.31. The van der Waals surface area contributed by atoms with Crippen molar-refractivity contribution in [1.82, 2.24) is 0 Å². The summed E-state index contributed by atoms with van der Waals surface area (Å²) in [4.78, 5) is 0. The van der Waals surface area contributed by atoms with Gasteiger partial charge in [0.1, 0.15) is 6.10 Å². The SMILES string of the molecule is COCCOCC(O)c1ccc(C)cc1C. The van der Waals surface area contributed by atoms with Gasteiger partial charge in [0.15, 0.2) is 0 Å². The molecule has 0 heterocycles. The standard InChI is InChI=1S/C13H20O3/c1-10-4-5-12(11(2)8-10)13(14)9-16-7-6-15-3/h4-5,8,13-14H,6-7,9H2,1-3H3. The van der Waals surface area contributed by atoms with Crippen molar-refractivity contribution >= 4 is 0 Å². The summed E-state index contributed by atoms with van der Waals surface area (Å²) in [6.07, 6.45) is -0.558. The van der Waals surface area contributed by atoms with Gasteiger partial charge in [-0.15, -0.1) is 0 Å². The van der Waals surface area contributed by atoms with E-state index in [0.29, 0.717) is 19.8 Å². The molecular weight excluding hydrogens is 204 g/mol. The Balaban J connectivity index is 2.49. The van der Waals surface area contributed by atoms with E-state index < -0.39 is 6.10 Å². The van der Waals surface area contributed by atoms with E-state index in [0.717, 1.165) is 11.1 Å². The van der Waals surface area contributed by atoms with E-state index in [1.165, 1.54) is 5.56 Å². The normalized spacial score (nSPS) is 12.8. The van der Waals surface area contributed by atoms with E-state index in [1.54, 1.807) is 7.11 Å². The quantitative estimate of drug-likeness (QED) is 0.751. The number of aliphatic hydroxyl groups excluding tert-OH is 1. The Labute approximate surface area is 97.0 Å². The molecule has 16 heavy (non-hydrogen) atoms. The Morgan fingerprint density at radius 2 is 2.00 bits per heavy atom. The van der Waals surface area contributed by atoms with Gasteiger partial charge in [-0.05, 0) is 25.0 Å². The fraction of sp³-hybridized carbons (Fsp3) is 0.538. The molecule has 0 amide bonds. The molecule has 0 aliphatic rings. The van der Waals surface area contributed by atoms with Crippen molar-refractivity contribution in [3.63, 3.8) is 0 Å². The van der Waals surface area contributed by atoms with Crippen LogP contribution in [-0.4, -0.2) is 32.0 Å². The summed E-state index contributed by atoms with van der Waals surface area (Å²) in [7, 11) is 1.63. The highest BCUT2D eigenvalue weighted by atomic mass is 16.5. The number of aryl methyl sites for hydroxylation is 2. The molecule has 1 N–H and O–H groups in total. The minimum absolute atomic E-state index is 0.313. The second-order valence-corrected chi connectivity index (χ2v) is 3.94. The molecule has 1 atom stereocenters. The third kappa shape index (κ3) is 3.93. The number of aliphatic hydroxyl groups is 1. The molecule has 3 nitrogen and oxygen atoms in total. The minimum atomic E-state index is -0.558. The lowest BCUT2D eigenvalue weighted by molar-refractivity contribution is 0.0124. The van der Waals surface area contributed by atoms with E-state index >= 15 is 0 Å². The predicted molar refractivity (Wildman–Crippen MR) is 63.6 cm³/mol. The maximum Gasteiger partial charge on any atom is 0.103 e. The number of rotatable bonds is 6. The molecule has 0 spiro atoms. The predicted octanol–water partition coefficient (Wildman–Crippen LogP) is 2.00. The summed E-state index contributed by atoms with van der Waals surface area (Å²) in [6.45, 7) is 5.42. The molecule has 0 radical (unpaired) electrons. The maximum absolute atomic E-state index is 9.93. The molecule has 0 saturated heterocycles. The van der Waals surface area contributed by atoms with Gasteiger partial charge in [-0.25, -0.2) is 0 Å². The molecule has 1 rings (SSSR count). The van der Waals surface area contributed by atoms with Crippen molar-refractivity contribution in [2.75, 3.05) is 26.9 Å². The first-order valence-electron chi connectivity index (χ1n) is 5.47. The number of ether oxygens (including phenoxy) is 2. The molecule has 0 bridgehead atoms. The molecule has 0 aliphatic carbocycles. The average molecular weight is 224 g/mol. The fourth-order valence-corrected chi connectivity index (χ4v) is 1.63. The highest BCUT2D eigenvalue weighted by Gasteiger charge is 2.10. The van der Waals surface area contributed by atoms with E-state index in [4.69, 9.17) is 9.47 Å². The Morgan fingerprint density at radius 1 is 1.25 bits per heavy atom. The first kappa shape index (κ1) is 13.2. The van der Waals surface area contributed by atoms with Crippen LogP contribution in [-0.2, 0) is 9.47 Å². The topological polar surface area (TPSA) is 38.7 Å². The van der Waals surface area contributed by atoms with Gasteiger partial charge in [-0.3, -0.25) is 0 Å². The second-order valence-electron chi connectivity index (χ2n) is 3.94. The molecule has 0 aliphatic heterocycles. The summed E-state index contributed by atoms with van der Waals surface area (Å²) in [5, 5.41) is 9.93. The fourth-order valence-electron chi connectivity index (χ4n) is 1.63. The van der Waals surface area contributed by atoms with Crippen molar-refractivity contribution in [2.24, 2.45) is 0 Å². The summed E-state index contributed by atoms with van der Waals surface area (Å²) >= 11 is 0. The van der Waals surface area contributed by atoms with E-state index in [9.17, 15) is 5.11 Å². The Kier molecular flexibility index (Phi) is 5.46. The first-order chi connectivity index (χ1) is 7.65. The maximum atomic E-state index is 9.93. The highest BCUT2D eigenvalue weighted by Crippen LogP contribution is 2.18. The van der Waals surface area contributed by atoms with Crippen molar-refractivity contribution in [2.45, 2.75) is 20.0 Å². The summed E-state index contributed by atoms with van der Waals surface area (Å²) in [5.41, 5.74) is 3.24. The van der Waals surface area contributed by atoms with Gasteiger partial charge in [0, 0.05) is 7.11 Å². The van der Waals surface area contributed by atoms with Crippen LogP contribution in [0.5, 0.6) is 0 Å². The largest absolute Gasteiger partial charge is 0.386 e. The molecule has 3 heteroatoms. The molecule has 0 aromatic heterocycles. The van der Waals surface area contributed by atoms with Crippen LogP contribution in [0.1, 0.15) is 22.8 Å². The van der Waals surface area contributed by atoms with Crippen molar-refractivity contribution < 1.29 is 14.6 Å². The summed E-state index contributed by atoms with van der Waals surface area (Å²) in [6, 6.07) is 6.02. The van der Waals surface area contributed by atoms with Crippen LogP contribution < -0.4 is 0 Å². The van der Waals surface area contributed by atoms with Crippen molar-refractivity contribution in [3.05, 3.63) is 34.9 Å². The van der Waals surface area contributed by atoms with Gasteiger partial charge in [0.2, 0.25) is 0 Å². The summed E-state index contributed by atoms with van der Waals surface area (Å²) in [5.74, 6) is 0. The zero-order chi connectivity index (χ0) is 12.0. The van der Waals surface area contributed by atoms with E-state index in [-0.39, 0.29) is 0 Å². The minimum Gasteiger partial charge on any atom is -0.386 e. The van der Waals surface area contributed by atoms with Crippen LogP contribution in [0.15, 0.2) is 18.2 Å². The van der Waals surface area contributed by atoms with Crippen LogP contribution in [0.4, 0.5) is 0 Å². The van der Waals surface area contributed by atoms with E-state index in [2.05, 4.69) is 6.07 Å². The van der Waals surface area contributed by atoms with Crippen LogP contribution in [0.2, 0.25) is 0 Å². The number of hydrogen-bond donors (Lipinski definition) is 1. The lowest BCUT2D eigenvalue weighted by Crippen LogP contribution is -2.11. The van der Waals surface area contributed by atoms with Gasteiger partial charge >= 0.3 is 0 Å². The van der Waals surface area contributed by atoms with Crippen LogP contribution in [0.3, 0.4) is 0 Å². The van der Waals surface area contributed by atoms with Gasteiger partial charge in [0.05, 0.1) is 19.8 Å². The molecule has 0 fully saturated rings. The number of hydrogen-bond acceptors (Lipinski definition) is 3. The van der Waals surface area contributed by atoms with Crippen molar-refractivity contribution in [1.29, 1.82) is 0 Å². The summed E-state index contributed by atoms with van der Waals surface area (Å²) < 4.78 is 10.2. The lowest BCUT2D eigenvalue weighted by atomic mass is 10.0. The third-order valence-electron chi connectivity index (χ3n) is 2.49. The Hall–Kier alpha value is -0.900. The molecule has 1 aromatic rings. The number of methoxy groups -OCH3 is 1. The average Bonchev–Trinajstić information content (AvgIpc) is 2.24. The van der Waals surface area contributed by atoms with Crippen LogP contribution >= 0.6 is 0 Å². The molecule has 90 valence electrons. The van der Waals surface area contributed by atoms with E-state index in [1.807, 2.05) is 26.0 Å². The van der Waals surface area contributed by atoms with Crippen LogP contribution in [0.25, 0.3) is 0 Å². The van der Waals surface area contributed by atoms with Crippen LogP contribution in [0, 0.1) is 13.8 Å². The number of benzene rings is 1. The van der Waals surface area contributed by atoms with Gasteiger partial charge in [-0.1, -0.05) is 23.8 Å². The zero-order valence-electron chi connectivity index (χ0n) is 10.2. The first-order valence-corrected chi connectivity index (χ1v) is 5.47. The molecule has 1 unspecified atom stereocenters. The van der Waals surface area contributed by atoms with Gasteiger partial charge in [-0.2, -0.15) is 0 Å².